The first-order valence-electron chi connectivity index (χ1n) is 7.64. The quantitative estimate of drug-likeness (QED) is 0.802. The molecule has 0 radical (unpaired) electrons. The minimum absolute atomic E-state index is 0.179. The topological polar surface area (TPSA) is 67.9 Å². The van der Waals surface area contributed by atoms with E-state index < -0.39 is 17.6 Å². The Kier molecular flexibility index (Phi) is 6.80. The molecule has 2 rings (SSSR count). The number of halogens is 2. The summed E-state index contributed by atoms with van der Waals surface area (Å²) in [5.41, 5.74) is 0.411. The van der Waals surface area contributed by atoms with Crippen molar-refractivity contribution in [2.24, 2.45) is 0 Å². The third-order valence-corrected chi connectivity index (χ3v) is 3.65. The van der Waals surface area contributed by atoms with Gasteiger partial charge in [-0.1, -0.05) is 11.6 Å². The van der Waals surface area contributed by atoms with Gasteiger partial charge in [0.1, 0.15) is 17.3 Å². The van der Waals surface area contributed by atoms with Gasteiger partial charge in [-0.3, -0.25) is 9.59 Å². The van der Waals surface area contributed by atoms with Crippen LogP contribution in [0.1, 0.15) is 0 Å². The van der Waals surface area contributed by atoms with Crippen LogP contribution in [0.25, 0.3) is 0 Å². The highest BCUT2D eigenvalue weighted by Gasteiger charge is 2.15. The Hall–Kier alpha value is -2.80. The van der Waals surface area contributed by atoms with Crippen LogP contribution in [0.15, 0.2) is 42.5 Å². The predicted octanol–water partition coefficient (Wildman–Crippen LogP) is 2.96. The standard InChI is InChI=1S/C18H18ClFN2O4/c1-22(18(24)11-26-14-6-4-13(20)5-7-14)10-17(23)21-15-9-12(19)3-8-16(15)25-2/h3-9H,10-11H2,1-2H3,(H,21,23). The molecular formula is C18H18ClFN2O4. The molecule has 0 aliphatic heterocycles. The highest BCUT2D eigenvalue weighted by molar-refractivity contribution is 6.31. The number of anilines is 1. The second-order valence-electron chi connectivity index (χ2n) is 5.39. The number of rotatable bonds is 7. The summed E-state index contributed by atoms with van der Waals surface area (Å²) in [4.78, 5) is 25.4. The molecule has 138 valence electrons. The highest BCUT2D eigenvalue weighted by Crippen LogP contribution is 2.27. The lowest BCUT2D eigenvalue weighted by Gasteiger charge is -2.18. The van der Waals surface area contributed by atoms with E-state index in [1.807, 2.05) is 0 Å². The number of hydrogen-bond acceptors (Lipinski definition) is 4. The molecule has 0 fully saturated rings. The van der Waals surface area contributed by atoms with Crippen molar-refractivity contribution in [1.82, 2.24) is 4.90 Å². The molecule has 0 bridgehead atoms. The molecule has 0 spiro atoms. The monoisotopic (exact) mass is 380 g/mol. The first-order chi connectivity index (χ1) is 12.4. The molecule has 0 saturated carbocycles. The molecule has 0 aliphatic rings. The highest BCUT2D eigenvalue weighted by atomic mass is 35.5. The molecule has 1 N–H and O–H groups in total. The van der Waals surface area contributed by atoms with Crippen molar-refractivity contribution in [2.45, 2.75) is 0 Å². The molecular weight excluding hydrogens is 363 g/mol. The number of amides is 2. The number of hydrogen-bond donors (Lipinski definition) is 1. The molecule has 2 amide bonds. The summed E-state index contributed by atoms with van der Waals surface area (Å²) in [6.45, 7) is -0.447. The van der Waals surface area contributed by atoms with Crippen LogP contribution in [0.5, 0.6) is 11.5 Å². The van der Waals surface area contributed by atoms with Gasteiger partial charge in [0.05, 0.1) is 19.3 Å². The largest absolute Gasteiger partial charge is 0.495 e. The summed E-state index contributed by atoms with van der Waals surface area (Å²) >= 11 is 5.91. The summed E-state index contributed by atoms with van der Waals surface area (Å²) in [5.74, 6) is -0.391. The van der Waals surface area contributed by atoms with Crippen molar-refractivity contribution in [3.63, 3.8) is 0 Å². The maximum Gasteiger partial charge on any atom is 0.260 e. The van der Waals surface area contributed by atoms with Gasteiger partial charge in [-0.25, -0.2) is 4.39 Å². The van der Waals surface area contributed by atoms with E-state index in [2.05, 4.69) is 5.32 Å². The Labute approximate surface area is 155 Å². The molecule has 0 saturated heterocycles. The first-order valence-corrected chi connectivity index (χ1v) is 8.02. The van der Waals surface area contributed by atoms with Crippen LogP contribution in [-0.4, -0.2) is 44.0 Å². The fraction of sp³-hybridized carbons (Fsp3) is 0.222. The van der Waals surface area contributed by atoms with Crippen LogP contribution in [0, 0.1) is 5.82 Å². The van der Waals surface area contributed by atoms with Crippen LogP contribution in [0.4, 0.5) is 10.1 Å². The van der Waals surface area contributed by atoms with Gasteiger partial charge in [0.2, 0.25) is 5.91 Å². The maximum atomic E-state index is 12.8. The number of nitrogens with zero attached hydrogens (tertiary/aromatic N) is 1. The van der Waals surface area contributed by atoms with Crippen LogP contribution in [-0.2, 0) is 9.59 Å². The van der Waals surface area contributed by atoms with Gasteiger partial charge in [0.15, 0.2) is 6.61 Å². The SMILES string of the molecule is COc1ccc(Cl)cc1NC(=O)CN(C)C(=O)COc1ccc(F)cc1. The summed E-state index contributed by atoms with van der Waals surface area (Å²) in [5, 5.41) is 3.09. The summed E-state index contributed by atoms with van der Waals surface area (Å²) in [6, 6.07) is 10.1. The van der Waals surface area contributed by atoms with Gasteiger partial charge in [0.25, 0.3) is 5.91 Å². The van der Waals surface area contributed by atoms with Crippen molar-refractivity contribution >= 4 is 29.1 Å². The van der Waals surface area contributed by atoms with Gasteiger partial charge < -0.3 is 19.7 Å². The normalized spacial score (nSPS) is 10.2. The lowest BCUT2D eigenvalue weighted by Crippen LogP contribution is -2.37. The Morgan fingerprint density at radius 2 is 1.88 bits per heavy atom. The molecule has 0 heterocycles. The predicted molar refractivity (Wildman–Crippen MR) is 96.2 cm³/mol. The molecule has 6 nitrogen and oxygen atoms in total. The van der Waals surface area contributed by atoms with Crippen molar-refractivity contribution in [1.29, 1.82) is 0 Å². The molecule has 2 aromatic carbocycles. The lowest BCUT2D eigenvalue weighted by atomic mass is 10.3. The average molecular weight is 381 g/mol. The zero-order valence-electron chi connectivity index (χ0n) is 14.3. The molecule has 8 heteroatoms. The first kappa shape index (κ1) is 19.5. The summed E-state index contributed by atoms with van der Waals surface area (Å²) in [7, 11) is 2.95. The van der Waals surface area contributed by atoms with Crippen LogP contribution < -0.4 is 14.8 Å². The number of carbonyl (C=O) groups is 2. The minimum atomic E-state index is -0.414. The van der Waals surface area contributed by atoms with Gasteiger partial charge >= 0.3 is 0 Å². The van der Waals surface area contributed by atoms with Crippen molar-refractivity contribution in [2.75, 3.05) is 32.6 Å². The number of carbonyl (C=O) groups excluding carboxylic acids is 2. The van der Waals surface area contributed by atoms with Crippen LogP contribution in [0.3, 0.4) is 0 Å². The van der Waals surface area contributed by atoms with E-state index in [0.29, 0.717) is 22.2 Å². The molecule has 2 aromatic rings. The third-order valence-electron chi connectivity index (χ3n) is 3.42. The zero-order chi connectivity index (χ0) is 19.1. The van der Waals surface area contributed by atoms with E-state index >= 15 is 0 Å². The van der Waals surface area contributed by atoms with Crippen LogP contribution in [0.2, 0.25) is 5.02 Å². The minimum Gasteiger partial charge on any atom is -0.495 e. The van der Waals surface area contributed by atoms with Crippen molar-refractivity contribution in [3.8, 4) is 11.5 Å². The van der Waals surface area contributed by atoms with Gasteiger partial charge in [-0.15, -0.1) is 0 Å². The zero-order valence-corrected chi connectivity index (χ0v) is 15.0. The van der Waals surface area contributed by atoms with E-state index in [9.17, 15) is 14.0 Å². The van der Waals surface area contributed by atoms with E-state index in [4.69, 9.17) is 21.1 Å². The molecule has 0 aromatic heterocycles. The number of benzene rings is 2. The van der Waals surface area contributed by atoms with E-state index in [-0.39, 0.29) is 13.2 Å². The number of methoxy groups -OCH3 is 1. The second-order valence-corrected chi connectivity index (χ2v) is 5.82. The lowest BCUT2D eigenvalue weighted by molar-refractivity contribution is -0.135. The maximum absolute atomic E-state index is 12.8. The Balaban J connectivity index is 1.87. The average Bonchev–Trinajstić information content (AvgIpc) is 2.61. The second kappa shape index (κ2) is 9.05. The van der Waals surface area contributed by atoms with Crippen molar-refractivity contribution in [3.05, 3.63) is 53.3 Å². The van der Waals surface area contributed by atoms with E-state index in [1.54, 1.807) is 18.2 Å². The fourth-order valence-corrected chi connectivity index (χ4v) is 2.23. The van der Waals surface area contributed by atoms with Gasteiger partial charge in [0, 0.05) is 12.1 Å². The molecule has 0 atom stereocenters. The molecule has 0 unspecified atom stereocenters. The van der Waals surface area contributed by atoms with Gasteiger partial charge in [-0.05, 0) is 42.5 Å². The Morgan fingerprint density at radius 3 is 2.54 bits per heavy atom. The Bertz CT molecular complexity index is 783. The molecule has 26 heavy (non-hydrogen) atoms. The number of likely N-dealkylation sites (N-methyl/N-ethyl adjacent to an activating group) is 1. The Morgan fingerprint density at radius 1 is 1.19 bits per heavy atom. The van der Waals surface area contributed by atoms with Crippen molar-refractivity contribution < 1.29 is 23.5 Å². The third kappa shape index (κ3) is 5.63. The summed E-state index contributed by atoms with van der Waals surface area (Å²) < 4.78 is 23.2. The number of nitrogens with one attached hydrogen (secondary N) is 1. The summed E-state index contributed by atoms with van der Waals surface area (Å²) in [6.07, 6.45) is 0. The fourth-order valence-electron chi connectivity index (χ4n) is 2.06. The van der Waals surface area contributed by atoms with Crippen LogP contribution >= 0.6 is 11.6 Å². The number of ether oxygens (including phenoxy) is 2. The molecule has 0 aliphatic carbocycles. The van der Waals surface area contributed by atoms with E-state index in [0.717, 1.165) is 0 Å². The smallest absolute Gasteiger partial charge is 0.260 e. The van der Waals surface area contributed by atoms with Gasteiger partial charge in [-0.2, -0.15) is 0 Å². The van der Waals surface area contributed by atoms with E-state index in [1.165, 1.54) is 43.3 Å².